The third-order valence-corrected chi connectivity index (χ3v) is 7.48. The van der Waals surface area contributed by atoms with Crippen molar-refractivity contribution in [2.75, 3.05) is 0 Å². The first-order chi connectivity index (χ1) is 16.9. The summed E-state index contributed by atoms with van der Waals surface area (Å²) in [7, 11) is 0. The number of hydrogen-bond donors (Lipinski definition) is 0. The zero-order chi connectivity index (χ0) is 22.5. The Morgan fingerprint density at radius 3 is 1.85 bits per heavy atom. The van der Waals surface area contributed by atoms with Crippen LogP contribution in [-0.2, 0) is 5.41 Å². The van der Waals surface area contributed by atoms with Gasteiger partial charge in [0.1, 0.15) is 5.41 Å². The Morgan fingerprint density at radius 1 is 0.529 bits per heavy atom. The molecule has 0 saturated heterocycles. The number of aromatic nitrogens is 1. The molecule has 0 radical (unpaired) electrons. The van der Waals surface area contributed by atoms with Crippen LogP contribution in [0.3, 0.4) is 0 Å². The number of nitrogens with zero attached hydrogens (tertiary/aromatic N) is 1. The quantitative estimate of drug-likeness (QED) is 0.274. The number of allylic oxidation sites excluding steroid dienone is 2. The Hall–Kier alpha value is -4.23. The summed E-state index contributed by atoms with van der Waals surface area (Å²) in [5, 5.41) is 0. The summed E-state index contributed by atoms with van der Waals surface area (Å²) in [4.78, 5) is 0. The molecule has 0 fully saturated rings. The summed E-state index contributed by atoms with van der Waals surface area (Å²) < 4.78 is 2.50. The molecule has 3 aliphatic rings. The predicted octanol–water partition coefficient (Wildman–Crippen LogP) is 6.84. The van der Waals surface area contributed by atoms with Crippen molar-refractivity contribution in [3.05, 3.63) is 173 Å². The van der Waals surface area contributed by atoms with Crippen molar-refractivity contribution in [3.63, 3.8) is 0 Å². The van der Waals surface area contributed by atoms with Gasteiger partial charge in [0.25, 0.3) is 0 Å². The van der Waals surface area contributed by atoms with E-state index in [9.17, 15) is 0 Å². The molecule has 34 heavy (non-hydrogen) atoms. The van der Waals surface area contributed by atoms with E-state index in [-0.39, 0.29) is 6.04 Å². The van der Waals surface area contributed by atoms with E-state index in [4.69, 9.17) is 0 Å². The van der Waals surface area contributed by atoms with Crippen LogP contribution in [0.5, 0.6) is 0 Å². The van der Waals surface area contributed by atoms with Crippen molar-refractivity contribution in [1.29, 1.82) is 0 Å². The second-order valence-corrected chi connectivity index (χ2v) is 9.12. The number of pyridine rings is 1. The van der Waals surface area contributed by atoms with Gasteiger partial charge in [0.15, 0.2) is 6.20 Å². The third kappa shape index (κ3) is 2.47. The monoisotopic (exact) mass is 434 g/mol. The van der Waals surface area contributed by atoms with Crippen LogP contribution in [0.4, 0.5) is 0 Å². The van der Waals surface area contributed by atoms with Crippen LogP contribution in [0, 0.1) is 0 Å². The largest absolute Gasteiger partial charge is 0.210 e. The Kier molecular flexibility index (Phi) is 4.19. The van der Waals surface area contributed by atoms with Crippen LogP contribution >= 0.6 is 0 Å². The minimum absolute atomic E-state index is 0.121. The lowest BCUT2D eigenvalue weighted by Gasteiger charge is -2.47. The zero-order valence-corrected chi connectivity index (χ0v) is 18.8. The molecule has 2 bridgehead atoms. The molecule has 0 saturated carbocycles. The highest BCUT2D eigenvalue weighted by atomic mass is 15.0. The number of hydrogen-bond acceptors (Lipinski definition) is 0. The van der Waals surface area contributed by atoms with Crippen molar-refractivity contribution >= 4 is 11.1 Å². The SMILES string of the molecule is c1ccc(C2=C(c3ccccc3)C3(c4ccccc4)c4ccccc4C2[n+]2ccccc23)cc1. The zero-order valence-electron chi connectivity index (χ0n) is 18.8. The summed E-state index contributed by atoms with van der Waals surface area (Å²) >= 11 is 0. The second-order valence-electron chi connectivity index (χ2n) is 9.12. The maximum atomic E-state index is 2.50. The summed E-state index contributed by atoms with van der Waals surface area (Å²) in [5.41, 5.74) is 10.3. The first-order valence-corrected chi connectivity index (χ1v) is 11.9. The third-order valence-electron chi connectivity index (χ3n) is 7.48. The molecule has 0 spiro atoms. The summed E-state index contributed by atoms with van der Waals surface area (Å²) in [6, 6.07) is 48.8. The molecule has 160 valence electrons. The van der Waals surface area contributed by atoms with Crippen molar-refractivity contribution in [3.8, 4) is 0 Å². The maximum absolute atomic E-state index is 2.50. The van der Waals surface area contributed by atoms with Gasteiger partial charge in [-0.25, -0.2) is 0 Å². The summed E-state index contributed by atoms with van der Waals surface area (Å²) in [6.07, 6.45) is 2.26. The van der Waals surface area contributed by atoms with E-state index in [1.165, 1.54) is 44.7 Å². The molecule has 1 aromatic heterocycles. The average molecular weight is 435 g/mol. The fraction of sp³-hybridized carbons (Fsp3) is 0.0606. The molecule has 2 unspecified atom stereocenters. The number of benzene rings is 4. The van der Waals surface area contributed by atoms with Gasteiger partial charge < -0.3 is 0 Å². The lowest BCUT2D eigenvalue weighted by Crippen LogP contribution is -2.59. The molecule has 1 aliphatic carbocycles. The van der Waals surface area contributed by atoms with E-state index in [0.29, 0.717) is 0 Å². The van der Waals surface area contributed by atoms with Crippen LogP contribution in [0.1, 0.15) is 39.6 Å². The first kappa shape index (κ1) is 19.3. The normalized spacial score (nSPS) is 20.1. The molecular weight excluding hydrogens is 410 g/mol. The Morgan fingerprint density at radius 2 is 1.12 bits per heavy atom. The van der Waals surface area contributed by atoms with Gasteiger partial charge in [-0.3, -0.25) is 0 Å². The van der Waals surface area contributed by atoms with Gasteiger partial charge in [0, 0.05) is 23.3 Å². The summed E-state index contributed by atoms with van der Waals surface area (Å²) in [6.45, 7) is 0. The Bertz CT molecular complexity index is 1480. The van der Waals surface area contributed by atoms with Crippen LogP contribution in [0.15, 0.2) is 140 Å². The molecule has 0 amide bonds. The molecule has 4 aromatic carbocycles. The van der Waals surface area contributed by atoms with Gasteiger partial charge in [-0.2, -0.15) is 4.57 Å². The van der Waals surface area contributed by atoms with Gasteiger partial charge in [-0.15, -0.1) is 0 Å². The van der Waals surface area contributed by atoms with Crippen molar-refractivity contribution in [2.24, 2.45) is 0 Å². The van der Waals surface area contributed by atoms with Gasteiger partial charge in [0.2, 0.25) is 11.7 Å². The van der Waals surface area contributed by atoms with Crippen LogP contribution in [0.25, 0.3) is 11.1 Å². The lowest BCUT2D eigenvalue weighted by atomic mass is 9.55. The van der Waals surface area contributed by atoms with Gasteiger partial charge >= 0.3 is 0 Å². The fourth-order valence-corrected chi connectivity index (χ4v) is 6.29. The summed E-state index contributed by atoms with van der Waals surface area (Å²) in [5.74, 6) is 0. The van der Waals surface area contributed by atoms with E-state index < -0.39 is 5.41 Å². The van der Waals surface area contributed by atoms with Crippen molar-refractivity contribution < 1.29 is 4.57 Å². The number of rotatable bonds is 3. The highest BCUT2D eigenvalue weighted by molar-refractivity contribution is 6.03. The smallest absolute Gasteiger partial charge is 0.189 e. The van der Waals surface area contributed by atoms with Crippen LogP contribution < -0.4 is 4.57 Å². The highest BCUT2D eigenvalue weighted by Gasteiger charge is 2.60. The van der Waals surface area contributed by atoms with E-state index in [1.54, 1.807) is 0 Å². The fourth-order valence-electron chi connectivity index (χ4n) is 6.29. The molecule has 2 aliphatic heterocycles. The van der Waals surface area contributed by atoms with E-state index >= 15 is 0 Å². The molecule has 3 heterocycles. The van der Waals surface area contributed by atoms with Crippen LogP contribution in [-0.4, -0.2) is 0 Å². The lowest BCUT2D eigenvalue weighted by molar-refractivity contribution is -0.713. The van der Waals surface area contributed by atoms with E-state index in [2.05, 4.69) is 144 Å². The van der Waals surface area contributed by atoms with Crippen molar-refractivity contribution in [1.82, 2.24) is 0 Å². The maximum Gasteiger partial charge on any atom is 0.210 e. The standard InChI is InChI=1S/C33H24N/c1-4-14-24(15-5-1)30-31(25-16-6-2-7-17-25)33(26-18-8-3-9-19-26)28-21-11-10-20-27(28)32(30)34-23-13-12-22-29(33)34/h1-23,32H/q+1. The van der Waals surface area contributed by atoms with Gasteiger partial charge in [-0.05, 0) is 27.8 Å². The molecule has 1 heteroatoms. The molecule has 2 atom stereocenters. The van der Waals surface area contributed by atoms with E-state index in [1.807, 2.05) is 0 Å². The molecular formula is C33H24N+. The van der Waals surface area contributed by atoms with Crippen molar-refractivity contribution in [2.45, 2.75) is 11.5 Å². The molecule has 8 rings (SSSR count). The molecule has 0 N–H and O–H groups in total. The predicted molar refractivity (Wildman–Crippen MR) is 137 cm³/mol. The van der Waals surface area contributed by atoms with Gasteiger partial charge in [-0.1, -0.05) is 121 Å². The van der Waals surface area contributed by atoms with Crippen LogP contribution in [0.2, 0.25) is 0 Å². The Balaban J connectivity index is 1.74. The molecule has 5 aromatic rings. The topological polar surface area (TPSA) is 3.88 Å². The highest BCUT2D eigenvalue weighted by Crippen LogP contribution is 2.61. The van der Waals surface area contributed by atoms with Gasteiger partial charge in [0.05, 0.1) is 0 Å². The minimum atomic E-state index is -0.416. The molecule has 1 nitrogen and oxygen atoms in total. The first-order valence-electron chi connectivity index (χ1n) is 11.9. The Labute approximate surface area is 200 Å². The second kappa shape index (κ2) is 7.40. The van der Waals surface area contributed by atoms with E-state index in [0.717, 1.165) is 0 Å². The average Bonchev–Trinajstić information content (AvgIpc) is 2.94. The minimum Gasteiger partial charge on any atom is -0.189 e.